The van der Waals surface area contributed by atoms with E-state index in [0.717, 1.165) is 29.0 Å². The zero-order valence-corrected chi connectivity index (χ0v) is 34.0. The summed E-state index contributed by atoms with van der Waals surface area (Å²) in [5.74, 6) is -1.81. The average molecular weight is 896 g/mol. The molecule has 1 saturated heterocycles. The number of carbonyl (C=O) groups excluding carboxylic acids is 4. The molecule has 2 amide bonds. The van der Waals surface area contributed by atoms with Crippen LogP contribution in [0, 0.1) is 5.41 Å². The van der Waals surface area contributed by atoms with Gasteiger partial charge >= 0.3 is 29.4 Å². The van der Waals surface area contributed by atoms with E-state index in [1.54, 1.807) is 6.92 Å². The van der Waals surface area contributed by atoms with Crippen LogP contribution in [-0.2, 0) is 60.2 Å². The molecule has 0 spiro atoms. The molecule has 7 atom stereocenters. The normalized spacial score (nSPS) is 21.4. The number of nitrogens with zero attached hydrogens (tertiary/aromatic N) is 4. The van der Waals surface area contributed by atoms with Crippen LogP contribution in [0.4, 0.5) is 5.82 Å². The molecular weight excluding hydrogens is 851 g/mol. The molecule has 3 heterocycles. The van der Waals surface area contributed by atoms with Gasteiger partial charge in [0.25, 0.3) is 0 Å². The van der Waals surface area contributed by atoms with Gasteiger partial charge in [-0.05, 0) is 6.92 Å². The molecule has 3 rings (SSSR count). The Morgan fingerprint density at radius 1 is 1.02 bits per heavy atom. The molecule has 2 aromatic rings. The van der Waals surface area contributed by atoms with Crippen LogP contribution in [0.5, 0.6) is 0 Å². The highest BCUT2D eigenvalue weighted by Gasteiger charge is 2.50. The molecule has 1 aliphatic rings. The zero-order valence-electron chi connectivity index (χ0n) is 30.5. The minimum Gasteiger partial charge on any atom is -0.466 e. The smallest absolute Gasteiger partial charge is 0.466 e. The molecule has 1 aliphatic heterocycles. The van der Waals surface area contributed by atoms with Gasteiger partial charge < -0.3 is 55.6 Å². The molecule has 1 fully saturated rings. The van der Waals surface area contributed by atoms with Crippen molar-refractivity contribution in [2.75, 3.05) is 44.4 Å². The molecule has 57 heavy (non-hydrogen) atoms. The van der Waals surface area contributed by atoms with E-state index in [4.69, 9.17) is 24.3 Å². The molecule has 322 valence electrons. The molecule has 10 N–H and O–H groups in total. The Morgan fingerprint density at radius 2 is 1.70 bits per heavy atom. The highest BCUT2D eigenvalue weighted by molar-refractivity contribution is 8.13. The lowest BCUT2D eigenvalue weighted by Gasteiger charge is -2.30. The average Bonchev–Trinajstić information content (AvgIpc) is 3.67. The maximum absolute atomic E-state index is 12.7. The highest BCUT2D eigenvalue weighted by atomic mass is 32.2. The summed E-state index contributed by atoms with van der Waals surface area (Å²) >= 11 is 0.923. The first-order chi connectivity index (χ1) is 26.4. The van der Waals surface area contributed by atoms with Crippen LogP contribution in [0.25, 0.3) is 11.2 Å². The van der Waals surface area contributed by atoms with Crippen LogP contribution in [-0.4, -0.2) is 135 Å². The standard InChI is InChI=1S/C27H44N7O19P3S/c1-4-48-17(36)5-6-18(37)57-10-9-29-16(35)7-8-30-25(40)22(39)27(2,3)12-50-56(46,47)53-55(44,45)49-11-15-21(52-54(41,42)43)20(38)26(51-15)34-14-33-19-23(28)31-13-32-24(19)34/h13-15,20-22,26,38-39H,4-12H2,1-3H3,(H,29,35)(H,30,40)(H,44,45)(H,46,47)(H2,28,31,32)(H2,41,42,43). The number of aliphatic hydroxyl groups excluding tert-OH is 2. The summed E-state index contributed by atoms with van der Waals surface area (Å²) in [5.41, 5.74) is 4.22. The van der Waals surface area contributed by atoms with Gasteiger partial charge in [0.1, 0.15) is 36.3 Å². The van der Waals surface area contributed by atoms with Crippen LogP contribution in [0.15, 0.2) is 12.7 Å². The Morgan fingerprint density at radius 3 is 2.37 bits per heavy atom. The third kappa shape index (κ3) is 15.3. The summed E-state index contributed by atoms with van der Waals surface area (Å²) in [7, 11) is -16.4. The van der Waals surface area contributed by atoms with Crippen LogP contribution in [0.1, 0.15) is 46.3 Å². The number of nitrogens with two attached hydrogens (primary N) is 1. The molecular formula is C27H44N7O19P3S. The summed E-state index contributed by atoms with van der Waals surface area (Å²) in [6.07, 6.45) is -7.11. The lowest BCUT2D eigenvalue weighted by Crippen LogP contribution is -2.46. The number of anilines is 1. The molecule has 0 aromatic carbocycles. The summed E-state index contributed by atoms with van der Waals surface area (Å²) in [6, 6.07) is 0. The van der Waals surface area contributed by atoms with E-state index in [0.29, 0.717) is 0 Å². The number of imidazole rings is 1. The number of phosphoric ester groups is 3. The van der Waals surface area contributed by atoms with E-state index in [2.05, 4.69) is 34.4 Å². The monoisotopic (exact) mass is 895 g/mol. The van der Waals surface area contributed by atoms with Crippen molar-refractivity contribution in [1.29, 1.82) is 0 Å². The summed E-state index contributed by atoms with van der Waals surface area (Å²) in [4.78, 5) is 98.6. The number of hydrogen-bond donors (Lipinski definition) is 9. The quantitative estimate of drug-likeness (QED) is 0.0367. The van der Waals surface area contributed by atoms with E-state index < -0.39 is 90.5 Å². The number of hydrogen-bond acceptors (Lipinski definition) is 20. The number of carbonyl (C=O) groups is 4. The van der Waals surface area contributed by atoms with E-state index in [9.17, 15) is 62.7 Å². The van der Waals surface area contributed by atoms with Crippen molar-refractivity contribution >= 4 is 75.1 Å². The van der Waals surface area contributed by atoms with Crippen LogP contribution in [0.2, 0.25) is 0 Å². The lowest BCUT2D eigenvalue weighted by atomic mass is 9.87. The number of esters is 1. The van der Waals surface area contributed by atoms with E-state index >= 15 is 0 Å². The minimum absolute atomic E-state index is 0.0146. The topological polar surface area (TPSA) is 390 Å². The fourth-order valence-electron chi connectivity index (χ4n) is 4.80. The molecule has 26 nitrogen and oxygen atoms in total. The van der Waals surface area contributed by atoms with Crippen molar-refractivity contribution in [3.05, 3.63) is 12.7 Å². The number of thioether (sulfide) groups is 1. The van der Waals surface area contributed by atoms with Crippen molar-refractivity contribution < 1.29 is 90.0 Å². The number of ether oxygens (including phenoxy) is 2. The van der Waals surface area contributed by atoms with Gasteiger partial charge in [0.15, 0.2) is 22.8 Å². The highest BCUT2D eigenvalue weighted by Crippen LogP contribution is 2.61. The third-order valence-electron chi connectivity index (χ3n) is 7.60. The van der Waals surface area contributed by atoms with E-state index in [-0.39, 0.29) is 66.8 Å². The Balaban J connectivity index is 1.46. The summed E-state index contributed by atoms with van der Waals surface area (Å²) in [6.45, 7) is 2.14. The molecule has 0 radical (unpaired) electrons. The number of aromatic nitrogens is 4. The SMILES string of the molecule is CCOC(=O)CCC(=O)SCCNC(=O)CCNC(=O)C(O)C(C)(C)COP(=O)(O)OP(=O)(O)OCC1OC(n2cnc3c(N)ncnc32)C(O)C1OP(=O)(O)O. The minimum atomic E-state index is -5.58. The first-order valence-electron chi connectivity index (χ1n) is 16.7. The van der Waals surface area contributed by atoms with Crippen molar-refractivity contribution in [1.82, 2.24) is 30.2 Å². The Kier molecular flexibility index (Phi) is 17.7. The number of aliphatic hydroxyl groups is 2. The van der Waals surface area contributed by atoms with Crippen LogP contribution < -0.4 is 16.4 Å². The second-order valence-electron chi connectivity index (χ2n) is 12.6. The maximum atomic E-state index is 12.7. The maximum Gasteiger partial charge on any atom is 0.481 e. The van der Waals surface area contributed by atoms with Gasteiger partial charge in [0.2, 0.25) is 11.8 Å². The van der Waals surface area contributed by atoms with Crippen molar-refractivity contribution in [2.45, 2.75) is 70.7 Å². The van der Waals surface area contributed by atoms with Gasteiger partial charge in [0, 0.05) is 37.1 Å². The molecule has 2 aromatic heterocycles. The number of fused-ring (bicyclic) bond motifs is 1. The third-order valence-corrected chi connectivity index (χ3v) is 11.6. The number of amides is 2. The fourth-order valence-corrected chi connectivity index (χ4v) is 8.31. The Bertz CT molecular complexity index is 1880. The van der Waals surface area contributed by atoms with Gasteiger partial charge in [-0.15, -0.1) is 0 Å². The molecule has 30 heteroatoms. The Hall–Kier alpha value is -2.97. The predicted octanol–water partition coefficient (Wildman–Crippen LogP) is -0.992. The van der Waals surface area contributed by atoms with Gasteiger partial charge in [0.05, 0.1) is 32.6 Å². The summed E-state index contributed by atoms with van der Waals surface area (Å²) in [5, 5.41) is 26.0. The zero-order chi connectivity index (χ0) is 42.8. The van der Waals surface area contributed by atoms with Crippen molar-refractivity contribution in [3.63, 3.8) is 0 Å². The molecule has 7 unspecified atom stereocenters. The van der Waals surface area contributed by atoms with Crippen molar-refractivity contribution in [3.8, 4) is 0 Å². The first kappa shape index (κ1) is 48.4. The molecule has 0 aliphatic carbocycles. The Labute approximate surface area is 328 Å². The summed E-state index contributed by atoms with van der Waals surface area (Å²) < 4.78 is 66.8. The largest absolute Gasteiger partial charge is 0.481 e. The van der Waals surface area contributed by atoms with Crippen LogP contribution in [0.3, 0.4) is 0 Å². The van der Waals surface area contributed by atoms with Gasteiger partial charge in [-0.1, -0.05) is 25.6 Å². The fraction of sp³-hybridized carbons (Fsp3) is 0.667. The van der Waals surface area contributed by atoms with Gasteiger partial charge in [-0.3, -0.25) is 37.3 Å². The molecule has 0 saturated carbocycles. The predicted molar refractivity (Wildman–Crippen MR) is 193 cm³/mol. The van der Waals surface area contributed by atoms with E-state index in [1.807, 2.05) is 0 Å². The van der Waals surface area contributed by atoms with Crippen LogP contribution >= 0.6 is 35.2 Å². The second-order valence-corrected chi connectivity index (χ2v) is 18.0. The van der Waals surface area contributed by atoms with Gasteiger partial charge in [-0.25, -0.2) is 28.6 Å². The first-order valence-corrected chi connectivity index (χ1v) is 22.2. The lowest BCUT2D eigenvalue weighted by molar-refractivity contribution is -0.143. The number of nitrogen functional groups attached to an aromatic ring is 1. The number of phosphoric acid groups is 3. The number of rotatable bonds is 23. The molecule has 0 bridgehead atoms. The van der Waals surface area contributed by atoms with Gasteiger partial charge in [-0.2, -0.15) is 4.31 Å². The van der Waals surface area contributed by atoms with E-state index in [1.165, 1.54) is 13.8 Å². The number of nitrogens with one attached hydrogen (secondary N) is 2. The van der Waals surface area contributed by atoms with Crippen molar-refractivity contribution in [2.24, 2.45) is 5.41 Å². The second kappa shape index (κ2) is 20.8.